The molecule has 96 valence electrons. The average molecular weight is 251 g/mol. The number of benzene rings is 1. The lowest BCUT2D eigenvalue weighted by Crippen LogP contribution is -2.20. The van der Waals surface area contributed by atoms with Crippen LogP contribution in [0.4, 0.5) is 17.6 Å². The van der Waals surface area contributed by atoms with Crippen molar-refractivity contribution in [1.29, 1.82) is 0 Å². The monoisotopic (exact) mass is 251 g/mol. The van der Waals surface area contributed by atoms with Gasteiger partial charge >= 0.3 is 6.18 Å². The molecule has 0 aliphatic rings. The molecule has 0 amide bonds. The summed E-state index contributed by atoms with van der Waals surface area (Å²) in [6.45, 7) is 0.287. The molecular formula is C11H13F4NO. The van der Waals surface area contributed by atoms with Gasteiger partial charge in [-0.2, -0.15) is 13.2 Å². The Labute approximate surface area is 96.4 Å². The summed E-state index contributed by atoms with van der Waals surface area (Å²) < 4.78 is 53.3. The fourth-order valence-corrected chi connectivity index (χ4v) is 1.36. The van der Waals surface area contributed by atoms with Crippen molar-refractivity contribution >= 4 is 0 Å². The smallest absolute Gasteiger partial charge is 0.422 e. The van der Waals surface area contributed by atoms with Gasteiger partial charge in [0.2, 0.25) is 0 Å². The molecule has 0 aromatic heterocycles. The second-order valence-electron chi connectivity index (χ2n) is 3.88. The van der Waals surface area contributed by atoms with Gasteiger partial charge in [0.1, 0.15) is 11.6 Å². The minimum Gasteiger partial charge on any atom is -0.484 e. The van der Waals surface area contributed by atoms with Gasteiger partial charge in [0.15, 0.2) is 6.61 Å². The first kappa shape index (κ1) is 13.8. The van der Waals surface area contributed by atoms with Gasteiger partial charge in [-0.3, -0.25) is 0 Å². The van der Waals surface area contributed by atoms with Crippen LogP contribution in [0.2, 0.25) is 0 Å². The van der Waals surface area contributed by atoms with E-state index in [9.17, 15) is 17.6 Å². The lowest BCUT2D eigenvalue weighted by molar-refractivity contribution is -0.153. The first-order valence-electron chi connectivity index (χ1n) is 5.01. The van der Waals surface area contributed by atoms with Crippen molar-refractivity contribution in [1.82, 2.24) is 0 Å². The van der Waals surface area contributed by atoms with Crippen molar-refractivity contribution in [3.63, 3.8) is 0 Å². The molecule has 0 saturated carbocycles. The molecule has 0 bridgehead atoms. The summed E-state index contributed by atoms with van der Waals surface area (Å²) in [5.74, 6) is -0.779. The highest BCUT2D eigenvalue weighted by Gasteiger charge is 2.28. The molecule has 6 heteroatoms. The van der Waals surface area contributed by atoms with Gasteiger partial charge < -0.3 is 10.5 Å². The molecule has 17 heavy (non-hydrogen) atoms. The van der Waals surface area contributed by atoms with E-state index in [0.717, 1.165) is 6.07 Å². The van der Waals surface area contributed by atoms with Gasteiger partial charge in [-0.05, 0) is 31.0 Å². The molecule has 1 aromatic carbocycles. The van der Waals surface area contributed by atoms with Gasteiger partial charge in [-0.15, -0.1) is 0 Å². The summed E-state index contributed by atoms with van der Waals surface area (Å²) in [5.41, 5.74) is 6.04. The standard InChI is InChI=1S/C11H13F4NO/c1-7(16)2-8-3-9(12)5-10(4-8)17-6-11(13,14)15/h3-5,7H,2,6,16H2,1H3. The summed E-state index contributed by atoms with van der Waals surface area (Å²) >= 11 is 0. The molecule has 2 N–H and O–H groups in total. The Hall–Kier alpha value is -1.30. The van der Waals surface area contributed by atoms with Crippen LogP contribution in [0.1, 0.15) is 12.5 Å². The van der Waals surface area contributed by atoms with Gasteiger partial charge in [0, 0.05) is 12.1 Å². The van der Waals surface area contributed by atoms with Crippen molar-refractivity contribution in [2.75, 3.05) is 6.61 Å². The van der Waals surface area contributed by atoms with Crippen molar-refractivity contribution in [3.8, 4) is 5.75 Å². The summed E-state index contributed by atoms with van der Waals surface area (Å²) in [6.07, 6.45) is -4.06. The molecular weight excluding hydrogens is 238 g/mol. The van der Waals surface area contributed by atoms with Crippen LogP contribution in [0.15, 0.2) is 18.2 Å². The molecule has 2 nitrogen and oxygen atoms in total. The zero-order chi connectivity index (χ0) is 13.1. The molecule has 0 spiro atoms. The van der Waals surface area contributed by atoms with E-state index in [1.165, 1.54) is 12.1 Å². The van der Waals surface area contributed by atoms with Gasteiger partial charge in [-0.1, -0.05) is 0 Å². The molecule has 0 radical (unpaired) electrons. The maximum Gasteiger partial charge on any atom is 0.422 e. The number of ether oxygens (including phenoxy) is 1. The quantitative estimate of drug-likeness (QED) is 0.835. The lowest BCUT2D eigenvalue weighted by Gasteiger charge is -2.11. The summed E-state index contributed by atoms with van der Waals surface area (Å²) in [5, 5.41) is 0. The van der Waals surface area contributed by atoms with Gasteiger partial charge in [0.05, 0.1) is 0 Å². The molecule has 0 saturated heterocycles. The third-order valence-electron chi connectivity index (χ3n) is 1.89. The van der Waals surface area contributed by atoms with E-state index >= 15 is 0 Å². The predicted molar refractivity (Wildman–Crippen MR) is 55.3 cm³/mol. The summed E-state index contributed by atoms with van der Waals surface area (Å²) in [7, 11) is 0. The highest BCUT2D eigenvalue weighted by atomic mass is 19.4. The molecule has 1 unspecified atom stereocenters. The summed E-state index contributed by atoms with van der Waals surface area (Å²) in [6, 6.07) is 3.30. The predicted octanol–water partition coefficient (Wildman–Crippen LogP) is 2.66. The van der Waals surface area contributed by atoms with Crippen LogP contribution in [0.25, 0.3) is 0 Å². The van der Waals surface area contributed by atoms with Crippen LogP contribution in [0.3, 0.4) is 0 Å². The second-order valence-corrected chi connectivity index (χ2v) is 3.88. The Bertz CT molecular complexity index is 376. The molecule has 1 atom stereocenters. The van der Waals surface area contributed by atoms with Crippen LogP contribution in [-0.2, 0) is 6.42 Å². The normalized spacial score (nSPS) is 13.5. The Balaban J connectivity index is 2.75. The maximum atomic E-state index is 13.1. The largest absolute Gasteiger partial charge is 0.484 e. The highest BCUT2D eigenvalue weighted by Crippen LogP contribution is 2.21. The third-order valence-corrected chi connectivity index (χ3v) is 1.89. The molecule has 0 aliphatic heterocycles. The number of rotatable bonds is 4. The van der Waals surface area contributed by atoms with E-state index in [1.54, 1.807) is 6.92 Å². The molecule has 1 aromatic rings. The average Bonchev–Trinajstić information content (AvgIpc) is 2.11. The third kappa shape index (κ3) is 5.53. The fourth-order valence-electron chi connectivity index (χ4n) is 1.36. The molecule has 1 rings (SSSR count). The Morgan fingerprint density at radius 2 is 1.94 bits per heavy atom. The molecule has 0 fully saturated rings. The van der Waals surface area contributed by atoms with Crippen LogP contribution in [0, 0.1) is 5.82 Å². The van der Waals surface area contributed by atoms with Crippen LogP contribution >= 0.6 is 0 Å². The van der Waals surface area contributed by atoms with E-state index < -0.39 is 18.6 Å². The van der Waals surface area contributed by atoms with E-state index in [-0.39, 0.29) is 11.8 Å². The topological polar surface area (TPSA) is 35.2 Å². The van der Waals surface area contributed by atoms with E-state index in [2.05, 4.69) is 4.74 Å². The Morgan fingerprint density at radius 3 is 2.47 bits per heavy atom. The number of nitrogens with two attached hydrogens (primary N) is 1. The van der Waals surface area contributed by atoms with Crippen molar-refractivity contribution in [2.45, 2.75) is 25.6 Å². The first-order valence-corrected chi connectivity index (χ1v) is 5.01. The van der Waals surface area contributed by atoms with E-state index in [4.69, 9.17) is 5.73 Å². The number of alkyl halides is 3. The van der Waals surface area contributed by atoms with E-state index in [1.807, 2.05) is 0 Å². The minimum absolute atomic E-state index is 0.141. The van der Waals surface area contributed by atoms with E-state index in [0.29, 0.717) is 12.0 Å². The molecule has 0 aliphatic carbocycles. The first-order chi connectivity index (χ1) is 7.76. The lowest BCUT2D eigenvalue weighted by atomic mass is 10.1. The zero-order valence-electron chi connectivity index (χ0n) is 9.22. The maximum absolute atomic E-state index is 13.1. The van der Waals surface area contributed by atoms with Crippen LogP contribution < -0.4 is 10.5 Å². The second kappa shape index (κ2) is 5.35. The fraction of sp³-hybridized carbons (Fsp3) is 0.455. The Morgan fingerprint density at radius 1 is 1.29 bits per heavy atom. The zero-order valence-corrected chi connectivity index (χ0v) is 9.22. The highest BCUT2D eigenvalue weighted by molar-refractivity contribution is 5.30. The van der Waals surface area contributed by atoms with Crippen LogP contribution in [-0.4, -0.2) is 18.8 Å². The number of halogens is 4. The van der Waals surface area contributed by atoms with Crippen molar-refractivity contribution in [3.05, 3.63) is 29.6 Å². The van der Waals surface area contributed by atoms with Crippen molar-refractivity contribution < 1.29 is 22.3 Å². The SMILES string of the molecule is CC(N)Cc1cc(F)cc(OCC(F)(F)F)c1. The van der Waals surface area contributed by atoms with Gasteiger partial charge in [-0.25, -0.2) is 4.39 Å². The minimum atomic E-state index is -4.44. The Kier molecular flexibility index (Phi) is 4.34. The molecule has 0 heterocycles. The number of hydrogen-bond donors (Lipinski definition) is 1. The van der Waals surface area contributed by atoms with Gasteiger partial charge in [0.25, 0.3) is 0 Å². The summed E-state index contributed by atoms with van der Waals surface area (Å²) in [4.78, 5) is 0. The number of hydrogen-bond acceptors (Lipinski definition) is 2. The van der Waals surface area contributed by atoms with Crippen LogP contribution in [0.5, 0.6) is 5.75 Å². The van der Waals surface area contributed by atoms with Crippen molar-refractivity contribution in [2.24, 2.45) is 5.73 Å².